The molecule has 2 heterocycles. The van der Waals surface area contributed by atoms with Gasteiger partial charge in [-0.1, -0.05) is 0 Å². The summed E-state index contributed by atoms with van der Waals surface area (Å²) in [5.41, 5.74) is 0.749. The number of carbonyl (C=O) groups is 2. The number of hydrogen-bond acceptors (Lipinski definition) is 3. The summed E-state index contributed by atoms with van der Waals surface area (Å²) in [5.74, 6) is 0.443. The molecule has 2 rings (SSSR count). The first-order valence-electron chi connectivity index (χ1n) is 5.54. The van der Waals surface area contributed by atoms with Gasteiger partial charge in [0.05, 0.1) is 6.54 Å². The van der Waals surface area contributed by atoms with Crippen molar-refractivity contribution in [1.82, 2.24) is 9.47 Å². The highest BCUT2D eigenvalue weighted by Crippen LogP contribution is 2.08. The zero-order valence-corrected chi connectivity index (χ0v) is 9.48. The van der Waals surface area contributed by atoms with Crippen molar-refractivity contribution in [3.8, 4) is 0 Å². The van der Waals surface area contributed by atoms with Gasteiger partial charge in [0.25, 0.3) is 0 Å². The first-order chi connectivity index (χ1) is 7.65. The topological polar surface area (TPSA) is 42.3 Å². The summed E-state index contributed by atoms with van der Waals surface area (Å²) < 4.78 is 1.87. The number of piperidine rings is 1. The highest BCUT2D eigenvalue weighted by molar-refractivity contribution is 5.97. The number of Topliss-reactive ketones (excluding diaryl/α,β-unsaturated/α-hetero) is 2. The Morgan fingerprint density at radius 3 is 2.62 bits per heavy atom. The van der Waals surface area contributed by atoms with Crippen molar-refractivity contribution in [2.24, 2.45) is 7.05 Å². The molecule has 1 saturated heterocycles. The second kappa shape index (κ2) is 4.61. The molecule has 0 aliphatic carbocycles. The van der Waals surface area contributed by atoms with E-state index in [1.165, 1.54) is 0 Å². The molecule has 0 amide bonds. The summed E-state index contributed by atoms with van der Waals surface area (Å²) in [6.07, 6.45) is 4.87. The van der Waals surface area contributed by atoms with E-state index in [0.717, 1.165) is 18.7 Å². The molecule has 1 aliphatic heterocycles. The maximum atomic E-state index is 11.9. The number of nitrogens with zero attached hydrogens (tertiary/aromatic N) is 2. The van der Waals surface area contributed by atoms with Gasteiger partial charge in [0.2, 0.25) is 0 Å². The zero-order chi connectivity index (χ0) is 11.5. The largest absolute Gasteiger partial charge is 0.357 e. The monoisotopic (exact) mass is 220 g/mol. The van der Waals surface area contributed by atoms with Crippen LogP contribution in [-0.2, 0) is 11.8 Å². The number of likely N-dealkylation sites (tertiary alicyclic amines) is 1. The molecule has 0 saturated carbocycles. The fraction of sp³-hybridized carbons (Fsp3) is 0.500. The van der Waals surface area contributed by atoms with Crippen LogP contribution in [-0.4, -0.2) is 40.7 Å². The quantitative estimate of drug-likeness (QED) is 0.710. The van der Waals surface area contributed by atoms with Gasteiger partial charge in [0.15, 0.2) is 5.78 Å². The van der Waals surface area contributed by atoms with Crippen LogP contribution in [0.25, 0.3) is 0 Å². The van der Waals surface area contributed by atoms with Crippen LogP contribution in [0.1, 0.15) is 23.2 Å². The Kier molecular flexibility index (Phi) is 3.19. The fourth-order valence-corrected chi connectivity index (χ4v) is 1.92. The molecule has 0 atom stereocenters. The highest BCUT2D eigenvalue weighted by atomic mass is 16.1. The minimum atomic E-state index is 0.134. The Morgan fingerprint density at radius 1 is 1.38 bits per heavy atom. The molecule has 1 fully saturated rings. The molecule has 0 spiro atoms. The van der Waals surface area contributed by atoms with Gasteiger partial charge in [-0.15, -0.1) is 0 Å². The minimum Gasteiger partial charge on any atom is -0.357 e. The average molecular weight is 220 g/mol. The summed E-state index contributed by atoms with van der Waals surface area (Å²) in [6.45, 7) is 1.87. The second-order valence-electron chi connectivity index (χ2n) is 4.30. The molecule has 16 heavy (non-hydrogen) atoms. The second-order valence-corrected chi connectivity index (χ2v) is 4.30. The number of carbonyl (C=O) groups excluding carboxylic acids is 2. The average Bonchev–Trinajstić information content (AvgIpc) is 2.68. The molecular weight excluding hydrogens is 204 g/mol. The van der Waals surface area contributed by atoms with E-state index in [1.54, 1.807) is 0 Å². The van der Waals surface area contributed by atoms with E-state index in [4.69, 9.17) is 0 Å². The summed E-state index contributed by atoms with van der Waals surface area (Å²) in [4.78, 5) is 25.0. The van der Waals surface area contributed by atoms with Gasteiger partial charge < -0.3 is 4.57 Å². The standard InChI is InChI=1S/C12H16N2O2/c1-13-5-2-10(8-13)12(16)9-14-6-3-11(15)4-7-14/h2,5,8H,3-4,6-7,9H2,1H3. The Balaban J connectivity index is 1.90. The van der Waals surface area contributed by atoms with E-state index in [-0.39, 0.29) is 5.78 Å². The molecular formula is C12H16N2O2. The van der Waals surface area contributed by atoms with Crippen molar-refractivity contribution < 1.29 is 9.59 Å². The van der Waals surface area contributed by atoms with Crippen LogP contribution in [0.5, 0.6) is 0 Å². The highest BCUT2D eigenvalue weighted by Gasteiger charge is 2.19. The summed E-state index contributed by atoms with van der Waals surface area (Å²) in [7, 11) is 1.90. The lowest BCUT2D eigenvalue weighted by Crippen LogP contribution is -2.37. The molecule has 1 aromatic heterocycles. The van der Waals surface area contributed by atoms with E-state index in [0.29, 0.717) is 25.2 Å². The smallest absolute Gasteiger partial charge is 0.178 e. The van der Waals surface area contributed by atoms with Gasteiger partial charge in [0.1, 0.15) is 5.78 Å². The third-order valence-electron chi connectivity index (χ3n) is 2.93. The Hall–Kier alpha value is -1.42. The molecule has 1 aliphatic rings. The van der Waals surface area contributed by atoms with Crippen LogP contribution < -0.4 is 0 Å². The molecule has 86 valence electrons. The third-order valence-corrected chi connectivity index (χ3v) is 2.93. The molecule has 1 aromatic rings. The van der Waals surface area contributed by atoms with Gasteiger partial charge >= 0.3 is 0 Å². The predicted molar refractivity (Wildman–Crippen MR) is 60.4 cm³/mol. The third kappa shape index (κ3) is 2.58. The number of ketones is 2. The number of aryl methyl sites for hydroxylation is 1. The van der Waals surface area contributed by atoms with Crippen molar-refractivity contribution >= 4 is 11.6 Å². The van der Waals surface area contributed by atoms with Crippen LogP contribution in [0.3, 0.4) is 0 Å². The first kappa shape index (κ1) is 11.1. The summed E-state index contributed by atoms with van der Waals surface area (Å²) in [5, 5.41) is 0. The van der Waals surface area contributed by atoms with E-state index in [2.05, 4.69) is 4.90 Å². The zero-order valence-electron chi connectivity index (χ0n) is 9.48. The lowest BCUT2D eigenvalue weighted by Gasteiger charge is -2.24. The number of hydrogen-bond donors (Lipinski definition) is 0. The minimum absolute atomic E-state index is 0.134. The molecule has 0 radical (unpaired) electrons. The van der Waals surface area contributed by atoms with Gasteiger partial charge in [-0.25, -0.2) is 0 Å². The lowest BCUT2D eigenvalue weighted by atomic mass is 10.1. The van der Waals surface area contributed by atoms with Crippen molar-refractivity contribution in [3.05, 3.63) is 24.0 Å². The summed E-state index contributed by atoms with van der Waals surface area (Å²) >= 11 is 0. The molecule has 0 bridgehead atoms. The van der Waals surface area contributed by atoms with Crippen molar-refractivity contribution in [2.75, 3.05) is 19.6 Å². The first-order valence-corrected chi connectivity index (χ1v) is 5.54. The van der Waals surface area contributed by atoms with Crippen molar-refractivity contribution in [2.45, 2.75) is 12.8 Å². The maximum Gasteiger partial charge on any atom is 0.178 e. The van der Waals surface area contributed by atoms with Gasteiger partial charge in [-0.2, -0.15) is 0 Å². The SMILES string of the molecule is Cn1ccc(C(=O)CN2CCC(=O)CC2)c1. The molecule has 0 aromatic carbocycles. The van der Waals surface area contributed by atoms with E-state index in [9.17, 15) is 9.59 Å². The maximum absolute atomic E-state index is 11.9. The number of aromatic nitrogens is 1. The normalized spacial score (nSPS) is 17.7. The van der Waals surface area contributed by atoms with E-state index in [1.807, 2.05) is 30.1 Å². The lowest BCUT2D eigenvalue weighted by molar-refractivity contribution is -0.121. The molecule has 4 heteroatoms. The Bertz CT molecular complexity index is 399. The molecule has 0 N–H and O–H groups in total. The Labute approximate surface area is 94.8 Å². The fourth-order valence-electron chi connectivity index (χ4n) is 1.92. The van der Waals surface area contributed by atoms with Crippen molar-refractivity contribution in [3.63, 3.8) is 0 Å². The van der Waals surface area contributed by atoms with Crippen LogP contribution in [0.2, 0.25) is 0 Å². The van der Waals surface area contributed by atoms with Crippen LogP contribution in [0.15, 0.2) is 18.5 Å². The number of rotatable bonds is 3. The van der Waals surface area contributed by atoms with Crippen molar-refractivity contribution in [1.29, 1.82) is 0 Å². The van der Waals surface area contributed by atoms with E-state index >= 15 is 0 Å². The van der Waals surface area contributed by atoms with Crippen LogP contribution in [0, 0.1) is 0 Å². The predicted octanol–water partition coefficient (Wildman–Crippen LogP) is 0.873. The van der Waals surface area contributed by atoms with E-state index < -0.39 is 0 Å². The van der Waals surface area contributed by atoms with Gasteiger partial charge in [-0.3, -0.25) is 14.5 Å². The Morgan fingerprint density at radius 2 is 2.06 bits per heavy atom. The van der Waals surface area contributed by atoms with Gasteiger partial charge in [-0.05, 0) is 6.07 Å². The molecule has 0 unspecified atom stereocenters. The van der Waals surface area contributed by atoms with Crippen LogP contribution in [0.4, 0.5) is 0 Å². The van der Waals surface area contributed by atoms with Gasteiger partial charge in [0, 0.05) is 50.9 Å². The molecule has 4 nitrogen and oxygen atoms in total. The summed E-state index contributed by atoms with van der Waals surface area (Å²) in [6, 6.07) is 1.83. The van der Waals surface area contributed by atoms with Crippen LogP contribution >= 0.6 is 0 Å².